The molecule has 0 radical (unpaired) electrons. The number of nitrogens with one attached hydrogen (secondary N) is 1. The van der Waals surface area contributed by atoms with Crippen LogP contribution in [0.3, 0.4) is 0 Å². The fraction of sp³-hybridized carbons (Fsp3) is 0.292. The summed E-state index contributed by atoms with van der Waals surface area (Å²) < 4.78 is 5.86. The zero-order valence-electron chi connectivity index (χ0n) is 19.9. The van der Waals surface area contributed by atoms with Crippen LogP contribution in [0.5, 0.6) is 6.01 Å². The molecule has 1 atom stereocenters. The van der Waals surface area contributed by atoms with Gasteiger partial charge in [-0.25, -0.2) is 15.0 Å². The van der Waals surface area contributed by atoms with Crippen LogP contribution >= 0.6 is 22.9 Å². The number of anilines is 2. The summed E-state index contributed by atoms with van der Waals surface area (Å²) in [5.74, 6) is 1.22. The SMILES string of the molecule is CC.Cc1cc(-c2cnc(Nc3cnc(CN(C)C)cn3)s2)nc(OC2=CC(Cl)C=CC=C2)n1. The van der Waals surface area contributed by atoms with E-state index < -0.39 is 0 Å². The molecule has 1 aliphatic carbocycles. The van der Waals surface area contributed by atoms with E-state index >= 15 is 0 Å². The minimum Gasteiger partial charge on any atom is -0.425 e. The van der Waals surface area contributed by atoms with E-state index in [1.165, 1.54) is 11.3 Å². The van der Waals surface area contributed by atoms with Crippen molar-refractivity contribution in [3.05, 3.63) is 72.2 Å². The van der Waals surface area contributed by atoms with Crippen LogP contribution in [0.1, 0.15) is 25.2 Å². The van der Waals surface area contributed by atoms with Gasteiger partial charge in [0, 0.05) is 18.4 Å². The Hall–Kier alpha value is -3.14. The first-order valence-electron chi connectivity index (χ1n) is 10.9. The van der Waals surface area contributed by atoms with Gasteiger partial charge in [0.15, 0.2) is 10.9 Å². The highest BCUT2D eigenvalue weighted by molar-refractivity contribution is 7.18. The van der Waals surface area contributed by atoms with E-state index in [0.717, 1.165) is 28.5 Å². The van der Waals surface area contributed by atoms with Crippen LogP contribution in [-0.4, -0.2) is 49.3 Å². The number of allylic oxidation sites excluding steroid dienone is 5. The molecule has 34 heavy (non-hydrogen) atoms. The molecule has 0 amide bonds. The molecule has 3 heterocycles. The Morgan fingerprint density at radius 3 is 2.65 bits per heavy atom. The van der Waals surface area contributed by atoms with Crippen LogP contribution in [0.2, 0.25) is 0 Å². The van der Waals surface area contributed by atoms with Gasteiger partial charge in [-0.3, -0.25) is 4.98 Å². The van der Waals surface area contributed by atoms with Gasteiger partial charge in [-0.2, -0.15) is 4.98 Å². The van der Waals surface area contributed by atoms with Gasteiger partial charge in [0.05, 0.1) is 34.0 Å². The summed E-state index contributed by atoms with van der Waals surface area (Å²) >= 11 is 7.65. The molecule has 4 rings (SSSR count). The number of rotatable bonds is 7. The number of nitrogens with zero attached hydrogens (tertiary/aromatic N) is 6. The number of alkyl halides is 1. The largest absolute Gasteiger partial charge is 0.425 e. The van der Waals surface area contributed by atoms with Crippen LogP contribution in [0.25, 0.3) is 10.6 Å². The van der Waals surface area contributed by atoms with Gasteiger partial charge < -0.3 is 15.0 Å². The average molecular weight is 498 g/mol. The lowest BCUT2D eigenvalue weighted by Gasteiger charge is -2.08. The second kappa shape index (κ2) is 12.4. The first-order valence-corrected chi connectivity index (χ1v) is 12.1. The average Bonchev–Trinajstić information content (AvgIpc) is 3.17. The second-order valence-electron chi connectivity index (χ2n) is 7.32. The monoisotopic (exact) mass is 497 g/mol. The lowest BCUT2D eigenvalue weighted by atomic mass is 10.3. The highest BCUT2D eigenvalue weighted by atomic mass is 35.5. The molecule has 178 valence electrons. The maximum atomic E-state index is 6.19. The summed E-state index contributed by atoms with van der Waals surface area (Å²) in [5.41, 5.74) is 2.41. The smallest absolute Gasteiger partial charge is 0.322 e. The summed E-state index contributed by atoms with van der Waals surface area (Å²) in [5, 5.41) is 3.63. The number of aromatic nitrogens is 5. The standard InChI is InChI=1S/C22H22ClN7OS.C2H6/c1-14-8-18(28-21(27-14)31-17-7-5-4-6-15(23)9-17)19-11-26-22(32-19)29-20-12-24-16(10-25-20)13-30(2)3;1-2/h4-12,15H,13H2,1-3H3,(H,25,26,29);1-2H3. The molecule has 3 aromatic heterocycles. The maximum absolute atomic E-state index is 6.19. The van der Waals surface area contributed by atoms with E-state index in [1.54, 1.807) is 24.7 Å². The molecular weight excluding hydrogens is 470 g/mol. The highest BCUT2D eigenvalue weighted by Crippen LogP contribution is 2.30. The predicted octanol–water partition coefficient (Wildman–Crippen LogP) is 5.53. The van der Waals surface area contributed by atoms with Crippen molar-refractivity contribution in [2.75, 3.05) is 19.4 Å². The minimum atomic E-state index is -0.251. The minimum absolute atomic E-state index is 0.251. The molecule has 0 fully saturated rings. The van der Waals surface area contributed by atoms with E-state index in [2.05, 4.69) is 30.2 Å². The van der Waals surface area contributed by atoms with Crippen molar-refractivity contribution >= 4 is 33.9 Å². The number of thiazole rings is 1. The van der Waals surface area contributed by atoms with Gasteiger partial charge in [0.1, 0.15) is 5.76 Å². The number of aryl methyl sites for hydroxylation is 1. The van der Waals surface area contributed by atoms with E-state index in [1.807, 2.05) is 70.1 Å². The number of hydrogen-bond donors (Lipinski definition) is 1. The summed E-state index contributed by atoms with van der Waals surface area (Å²) in [6.45, 7) is 6.63. The fourth-order valence-electron chi connectivity index (χ4n) is 2.86. The van der Waals surface area contributed by atoms with Gasteiger partial charge in [-0.05, 0) is 39.2 Å². The molecule has 3 aromatic rings. The molecular formula is C24H28ClN7OS. The third-order valence-electron chi connectivity index (χ3n) is 4.21. The summed E-state index contributed by atoms with van der Waals surface area (Å²) in [4.78, 5) is 25.1. The van der Waals surface area contributed by atoms with Crippen molar-refractivity contribution in [1.82, 2.24) is 29.8 Å². The zero-order valence-corrected chi connectivity index (χ0v) is 21.4. The lowest BCUT2D eigenvalue weighted by Crippen LogP contribution is -2.12. The topological polar surface area (TPSA) is 89.0 Å². The van der Waals surface area contributed by atoms with Gasteiger partial charge in [-0.1, -0.05) is 43.4 Å². The Morgan fingerprint density at radius 1 is 1.09 bits per heavy atom. The Labute approximate surface area is 209 Å². The lowest BCUT2D eigenvalue weighted by molar-refractivity contribution is 0.396. The number of hydrogen-bond acceptors (Lipinski definition) is 9. The van der Waals surface area contributed by atoms with Crippen molar-refractivity contribution < 1.29 is 4.74 Å². The van der Waals surface area contributed by atoms with Crippen molar-refractivity contribution in [2.24, 2.45) is 0 Å². The van der Waals surface area contributed by atoms with Gasteiger partial charge in [-0.15, -0.1) is 11.6 Å². The van der Waals surface area contributed by atoms with Crippen LogP contribution in [-0.2, 0) is 6.54 Å². The highest BCUT2D eigenvalue weighted by Gasteiger charge is 2.12. The molecule has 0 aliphatic heterocycles. The quantitative estimate of drug-likeness (QED) is 0.426. The first-order chi connectivity index (χ1) is 16.4. The Kier molecular flexibility index (Phi) is 9.26. The molecule has 0 aromatic carbocycles. The van der Waals surface area contributed by atoms with Crippen molar-refractivity contribution in [2.45, 2.75) is 32.7 Å². The molecule has 1 N–H and O–H groups in total. The molecule has 1 unspecified atom stereocenters. The van der Waals surface area contributed by atoms with Crippen molar-refractivity contribution in [3.63, 3.8) is 0 Å². The predicted molar refractivity (Wildman–Crippen MR) is 139 cm³/mol. The van der Waals surface area contributed by atoms with Gasteiger partial charge in [0.2, 0.25) is 0 Å². The summed E-state index contributed by atoms with van der Waals surface area (Å²) in [7, 11) is 3.98. The van der Waals surface area contributed by atoms with Gasteiger partial charge in [0.25, 0.3) is 0 Å². The Morgan fingerprint density at radius 2 is 1.91 bits per heavy atom. The summed E-state index contributed by atoms with van der Waals surface area (Å²) in [6.07, 6.45) is 14.4. The Bertz CT molecular complexity index is 1170. The van der Waals surface area contributed by atoms with Crippen LogP contribution in [0, 0.1) is 6.92 Å². The molecule has 0 saturated heterocycles. The third kappa shape index (κ3) is 7.44. The normalized spacial score (nSPS) is 14.8. The summed E-state index contributed by atoms with van der Waals surface area (Å²) in [6, 6.07) is 2.15. The maximum Gasteiger partial charge on any atom is 0.322 e. The Balaban J connectivity index is 0.00000158. The van der Waals surface area contributed by atoms with Crippen molar-refractivity contribution in [1.29, 1.82) is 0 Å². The van der Waals surface area contributed by atoms with Crippen LogP contribution < -0.4 is 10.1 Å². The fourth-order valence-corrected chi connectivity index (χ4v) is 3.85. The second-order valence-corrected chi connectivity index (χ2v) is 8.86. The molecule has 0 bridgehead atoms. The number of halogens is 1. The molecule has 10 heteroatoms. The molecule has 0 saturated carbocycles. The number of ether oxygens (including phenoxy) is 1. The van der Waals surface area contributed by atoms with E-state index in [4.69, 9.17) is 16.3 Å². The first kappa shape index (κ1) is 25.5. The molecule has 0 spiro atoms. The van der Waals surface area contributed by atoms with Crippen LogP contribution in [0.4, 0.5) is 10.9 Å². The third-order valence-corrected chi connectivity index (χ3v) is 5.42. The van der Waals surface area contributed by atoms with Gasteiger partial charge >= 0.3 is 6.01 Å². The van der Waals surface area contributed by atoms with E-state index in [-0.39, 0.29) is 11.4 Å². The van der Waals surface area contributed by atoms with E-state index in [9.17, 15) is 0 Å². The molecule has 1 aliphatic rings. The van der Waals surface area contributed by atoms with E-state index in [0.29, 0.717) is 16.7 Å². The van der Waals surface area contributed by atoms with Crippen molar-refractivity contribution in [3.8, 4) is 16.6 Å². The zero-order chi connectivity index (χ0) is 24.5. The molecule has 8 nitrogen and oxygen atoms in total. The van der Waals surface area contributed by atoms with Crippen LogP contribution in [0.15, 0.2) is 60.8 Å².